The van der Waals surface area contributed by atoms with Crippen LogP contribution in [0.4, 0.5) is 11.4 Å². The molecule has 0 spiro atoms. The van der Waals surface area contributed by atoms with Crippen LogP contribution < -0.4 is 10.2 Å². The molecule has 33 heavy (non-hydrogen) atoms. The van der Waals surface area contributed by atoms with Crippen molar-refractivity contribution in [3.63, 3.8) is 0 Å². The van der Waals surface area contributed by atoms with Gasteiger partial charge in [-0.3, -0.25) is 19.5 Å². The molecule has 0 saturated heterocycles. The highest BCUT2D eigenvalue weighted by Crippen LogP contribution is 2.29. The van der Waals surface area contributed by atoms with Crippen molar-refractivity contribution < 1.29 is 19.5 Å². The van der Waals surface area contributed by atoms with Crippen LogP contribution in [0.25, 0.3) is 6.08 Å². The van der Waals surface area contributed by atoms with Gasteiger partial charge in [-0.25, -0.2) is 9.79 Å². The first-order valence-electron chi connectivity index (χ1n) is 9.88. The number of pyridine rings is 1. The van der Waals surface area contributed by atoms with Gasteiger partial charge in [-0.2, -0.15) is 0 Å². The third-order valence-electron chi connectivity index (χ3n) is 4.60. The Morgan fingerprint density at radius 1 is 1.03 bits per heavy atom. The number of carboxylic acid groups (broad SMARTS) is 1. The lowest BCUT2D eigenvalue weighted by molar-refractivity contribution is -0.114. The summed E-state index contributed by atoms with van der Waals surface area (Å²) < 4.78 is 0. The molecule has 0 fully saturated rings. The Morgan fingerprint density at radius 3 is 2.52 bits per heavy atom. The van der Waals surface area contributed by atoms with E-state index >= 15 is 0 Å². The zero-order chi connectivity index (χ0) is 23.2. The number of thioether (sulfide) groups is 1. The summed E-state index contributed by atoms with van der Waals surface area (Å²) in [5.74, 6) is -1.93. The van der Waals surface area contributed by atoms with Gasteiger partial charge in [0.25, 0.3) is 5.91 Å². The molecule has 0 saturated carbocycles. The number of carboxylic acids is 1. The Bertz CT molecular complexity index is 1260. The Kier molecular flexibility index (Phi) is 6.61. The molecule has 0 radical (unpaired) electrons. The van der Waals surface area contributed by atoms with E-state index in [9.17, 15) is 19.5 Å². The highest BCUT2D eigenvalue weighted by Gasteiger charge is 2.32. The normalized spacial score (nSPS) is 14.3. The van der Waals surface area contributed by atoms with Crippen LogP contribution in [-0.2, 0) is 9.59 Å². The van der Waals surface area contributed by atoms with Gasteiger partial charge in [-0.05, 0) is 42.0 Å². The lowest BCUT2D eigenvalue weighted by Crippen LogP contribution is -2.31. The van der Waals surface area contributed by atoms with E-state index in [1.165, 1.54) is 17.0 Å². The number of amidine groups is 1. The van der Waals surface area contributed by atoms with Gasteiger partial charge in [0, 0.05) is 12.4 Å². The number of rotatable bonds is 6. The molecule has 1 aliphatic rings. The standard InChI is InChI=1S/C24H18N4O4S/c29-21(26-19-11-5-4-10-18(19)23(31)32)15-33-24-27-20(13-16-7-6-12-25-14-16)22(30)28(24)17-8-2-1-3-9-17/h1-14H,15H2,(H,26,29)(H,31,32)/b20-13-. The lowest BCUT2D eigenvalue weighted by atomic mass is 10.2. The Balaban J connectivity index is 1.55. The largest absolute Gasteiger partial charge is 0.478 e. The van der Waals surface area contributed by atoms with E-state index in [2.05, 4.69) is 15.3 Å². The molecule has 164 valence electrons. The predicted octanol–water partition coefficient (Wildman–Crippen LogP) is 3.90. The number of aliphatic imine (C=N–C) groups is 1. The third kappa shape index (κ3) is 5.16. The molecule has 1 aromatic heterocycles. The number of aromatic carboxylic acids is 1. The minimum absolute atomic E-state index is 0.00293. The summed E-state index contributed by atoms with van der Waals surface area (Å²) in [6, 6.07) is 18.8. The first-order valence-corrected chi connectivity index (χ1v) is 10.9. The average Bonchev–Trinajstić information content (AvgIpc) is 3.14. The van der Waals surface area contributed by atoms with Crippen LogP contribution in [0.5, 0.6) is 0 Å². The van der Waals surface area contributed by atoms with Crippen LogP contribution in [0.1, 0.15) is 15.9 Å². The molecule has 4 rings (SSSR count). The van der Waals surface area contributed by atoms with Crippen LogP contribution in [-0.4, -0.2) is 38.8 Å². The molecule has 2 aromatic carbocycles. The van der Waals surface area contributed by atoms with Crippen molar-refractivity contribution in [2.24, 2.45) is 4.99 Å². The smallest absolute Gasteiger partial charge is 0.337 e. The Morgan fingerprint density at radius 2 is 1.79 bits per heavy atom. The second-order valence-electron chi connectivity index (χ2n) is 6.87. The van der Waals surface area contributed by atoms with Crippen molar-refractivity contribution in [2.75, 3.05) is 16.0 Å². The number of nitrogens with one attached hydrogen (secondary N) is 1. The minimum atomic E-state index is -1.13. The van der Waals surface area contributed by atoms with Crippen LogP contribution in [0, 0.1) is 0 Å². The fraction of sp³-hybridized carbons (Fsp3) is 0.0417. The van der Waals surface area contributed by atoms with E-state index in [0.29, 0.717) is 10.9 Å². The number of carbonyl (C=O) groups is 3. The molecular formula is C24H18N4O4S. The van der Waals surface area contributed by atoms with E-state index in [1.807, 2.05) is 24.3 Å². The number of aromatic nitrogens is 1. The van der Waals surface area contributed by atoms with Crippen LogP contribution in [0.3, 0.4) is 0 Å². The quantitative estimate of drug-likeness (QED) is 0.542. The van der Waals surface area contributed by atoms with Gasteiger partial charge >= 0.3 is 5.97 Å². The molecule has 0 bridgehead atoms. The zero-order valence-corrected chi connectivity index (χ0v) is 18.0. The van der Waals surface area contributed by atoms with Gasteiger partial charge in [-0.1, -0.05) is 48.2 Å². The molecule has 0 unspecified atom stereocenters. The Hall–Kier alpha value is -4.24. The summed E-state index contributed by atoms with van der Waals surface area (Å²) in [5, 5.41) is 12.3. The van der Waals surface area contributed by atoms with Gasteiger partial charge in [0.1, 0.15) is 5.70 Å². The molecule has 9 heteroatoms. The molecule has 8 nitrogen and oxygen atoms in total. The molecular weight excluding hydrogens is 440 g/mol. The maximum atomic E-state index is 13.1. The molecule has 2 N–H and O–H groups in total. The van der Waals surface area contributed by atoms with E-state index in [0.717, 1.165) is 17.3 Å². The molecule has 0 atom stereocenters. The minimum Gasteiger partial charge on any atom is -0.478 e. The topological polar surface area (TPSA) is 112 Å². The Labute approximate surface area is 193 Å². The van der Waals surface area contributed by atoms with Gasteiger partial charge in [-0.15, -0.1) is 0 Å². The number of hydrogen-bond acceptors (Lipinski definition) is 6. The van der Waals surface area contributed by atoms with Crippen LogP contribution in [0.2, 0.25) is 0 Å². The maximum Gasteiger partial charge on any atom is 0.337 e. The first kappa shape index (κ1) is 22.0. The number of para-hydroxylation sites is 2. The fourth-order valence-electron chi connectivity index (χ4n) is 3.11. The van der Waals surface area contributed by atoms with E-state index < -0.39 is 11.9 Å². The molecule has 3 aromatic rings. The number of nitrogens with zero attached hydrogens (tertiary/aromatic N) is 3. The molecule has 1 aliphatic heterocycles. The van der Waals surface area contributed by atoms with Crippen LogP contribution >= 0.6 is 11.8 Å². The summed E-state index contributed by atoms with van der Waals surface area (Å²) >= 11 is 1.09. The van der Waals surface area contributed by atoms with Crippen molar-refractivity contribution in [1.82, 2.24) is 4.98 Å². The number of carbonyl (C=O) groups excluding carboxylic acids is 2. The SMILES string of the molecule is O=C(CSC1=N/C(=C\c2cccnc2)C(=O)N1c1ccccc1)Nc1ccccc1C(=O)O. The first-order chi connectivity index (χ1) is 16.0. The van der Waals surface area contributed by atoms with E-state index in [-0.39, 0.29) is 28.6 Å². The van der Waals surface area contributed by atoms with Crippen molar-refractivity contribution in [3.05, 3.63) is 95.9 Å². The summed E-state index contributed by atoms with van der Waals surface area (Å²) in [5.41, 5.74) is 1.78. The van der Waals surface area contributed by atoms with E-state index in [1.54, 1.807) is 48.8 Å². The van der Waals surface area contributed by atoms with E-state index in [4.69, 9.17) is 0 Å². The predicted molar refractivity (Wildman–Crippen MR) is 128 cm³/mol. The van der Waals surface area contributed by atoms with Crippen molar-refractivity contribution >= 4 is 52.2 Å². The van der Waals surface area contributed by atoms with Gasteiger partial charge in [0.15, 0.2) is 5.17 Å². The van der Waals surface area contributed by atoms with Gasteiger partial charge < -0.3 is 10.4 Å². The number of amides is 2. The summed E-state index contributed by atoms with van der Waals surface area (Å²) in [6.45, 7) is 0. The molecule has 0 aliphatic carbocycles. The second-order valence-corrected chi connectivity index (χ2v) is 7.82. The highest BCUT2D eigenvalue weighted by atomic mass is 32.2. The van der Waals surface area contributed by atoms with Gasteiger partial charge in [0.05, 0.1) is 22.7 Å². The van der Waals surface area contributed by atoms with Crippen molar-refractivity contribution in [1.29, 1.82) is 0 Å². The fourth-order valence-corrected chi connectivity index (χ4v) is 3.92. The number of benzene rings is 2. The van der Waals surface area contributed by atoms with Crippen molar-refractivity contribution in [3.8, 4) is 0 Å². The molecule has 2 amide bonds. The zero-order valence-electron chi connectivity index (χ0n) is 17.2. The van der Waals surface area contributed by atoms with Crippen molar-refractivity contribution in [2.45, 2.75) is 0 Å². The summed E-state index contributed by atoms with van der Waals surface area (Å²) in [7, 11) is 0. The highest BCUT2D eigenvalue weighted by molar-refractivity contribution is 8.14. The van der Waals surface area contributed by atoms with Crippen LogP contribution in [0.15, 0.2) is 89.8 Å². The summed E-state index contributed by atoms with van der Waals surface area (Å²) in [6.07, 6.45) is 4.91. The number of hydrogen-bond donors (Lipinski definition) is 2. The third-order valence-corrected chi connectivity index (χ3v) is 5.53. The average molecular weight is 458 g/mol. The molecule has 2 heterocycles. The van der Waals surface area contributed by atoms with Gasteiger partial charge in [0.2, 0.25) is 5.91 Å². The number of anilines is 2. The maximum absolute atomic E-state index is 13.1. The lowest BCUT2D eigenvalue weighted by Gasteiger charge is -2.17. The second kappa shape index (κ2) is 9.92. The monoisotopic (exact) mass is 458 g/mol. The summed E-state index contributed by atoms with van der Waals surface area (Å²) in [4.78, 5) is 47.0.